The summed E-state index contributed by atoms with van der Waals surface area (Å²) in [5.74, 6) is -0.714. The van der Waals surface area contributed by atoms with E-state index in [-0.39, 0.29) is 17.1 Å². The number of benzene rings is 1. The van der Waals surface area contributed by atoms with Gasteiger partial charge in [0.25, 0.3) is 0 Å². The Kier molecular flexibility index (Phi) is 7.20. The maximum absolute atomic E-state index is 12.6. The zero-order valence-corrected chi connectivity index (χ0v) is 17.4. The summed E-state index contributed by atoms with van der Waals surface area (Å²) >= 11 is 0. The number of carboxylic acid groups (broad SMARTS) is 1. The van der Waals surface area contributed by atoms with Crippen LogP contribution in [0.3, 0.4) is 0 Å². The summed E-state index contributed by atoms with van der Waals surface area (Å²) in [6, 6.07) is 7.32. The highest BCUT2D eigenvalue weighted by molar-refractivity contribution is 7.85. The van der Waals surface area contributed by atoms with Gasteiger partial charge in [0, 0.05) is 33.4 Å². The molecule has 0 spiro atoms. The molecule has 1 aliphatic carbocycles. The zero-order valence-electron chi connectivity index (χ0n) is 16.5. The third-order valence-electron chi connectivity index (χ3n) is 5.20. The molecule has 0 aliphatic heterocycles. The minimum absolute atomic E-state index is 0.000479. The first-order valence-electron chi connectivity index (χ1n) is 9.63. The van der Waals surface area contributed by atoms with Crippen LogP contribution in [0.1, 0.15) is 71.3 Å². The van der Waals surface area contributed by atoms with E-state index in [1.54, 1.807) is 6.07 Å². The molecule has 5 nitrogen and oxygen atoms in total. The molecule has 2 rings (SSSR count). The monoisotopic (exact) mass is 393 g/mol. The van der Waals surface area contributed by atoms with Gasteiger partial charge in [-0.15, -0.1) is 0 Å². The molecular formula is C21H31NO4S. The van der Waals surface area contributed by atoms with E-state index in [0.717, 1.165) is 31.2 Å². The van der Waals surface area contributed by atoms with Crippen LogP contribution in [0.5, 0.6) is 0 Å². The number of anilines is 1. The first-order chi connectivity index (χ1) is 12.6. The van der Waals surface area contributed by atoms with Crippen molar-refractivity contribution in [2.45, 2.75) is 76.2 Å². The molecule has 1 fully saturated rings. The van der Waals surface area contributed by atoms with Crippen molar-refractivity contribution in [2.75, 3.05) is 5.32 Å². The number of amides is 1. The summed E-state index contributed by atoms with van der Waals surface area (Å²) in [5.41, 5.74) is 0.562. The van der Waals surface area contributed by atoms with Crippen LogP contribution in [0, 0.1) is 5.41 Å². The summed E-state index contributed by atoms with van der Waals surface area (Å²) in [7, 11) is -1.02. The van der Waals surface area contributed by atoms with Gasteiger partial charge < -0.3 is 10.4 Å². The molecule has 150 valence electrons. The van der Waals surface area contributed by atoms with Crippen LogP contribution in [0.4, 0.5) is 5.69 Å². The number of nitrogens with one attached hydrogen (secondary N) is 1. The van der Waals surface area contributed by atoms with Gasteiger partial charge in [-0.05, 0) is 51.3 Å². The Hall–Kier alpha value is -1.69. The number of rotatable bonds is 6. The maximum Gasteiger partial charge on any atom is 0.310 e. The number of carbonyl (C=O) groups is 2. The van der Waals surface area contributed by atoms with Gasteiger partial charge in [0.05, 0.1) is 5.41 Å². The zero-order chi connectivity index (χ0) is 20.1. The van der Waals surface area contributed by atoms with Crippen molar-refractivity contribution in [2.24, 2.45) is 5.41 Å². The van der Waals surface area contributed by atoms with Gasteiger partial charge in [-0.3, -0.25) is 13.8 Å². The van der Waals surface area contributed by atoms with Crippen LogP contribution in [0.15, 0.2) is 24.3 Å². The molecule has 0 heterocycles. The number of hydrogen-bond acceptors (Lipinski definition) is 3. The molecule has 1 saturated carbocycles. The average Bonchev–Trinajstić information content (AvgIpc) is 2.80. The highest BCUT2D eigenvalue weighted by Crippen LogP contribution is 2.38. The highest BCUT2D eigenvalue weighted by atomic mass is 32.2. The van der Waals surface area contributed by atoms with Gasteiger partial charge in [0.15, 0.2) is 0 Å². The SMILES string of the molecule is CC(C)(C)S(=O)Cc1cccc(NC(=O)CC2(C(=O)O)CCCCCC2)c1. The van der Waals surface area contributed by atoms with E-state index in [4.69, 9.17) is 0 Å². The fourth-order valence-corrected chi connectivity index (χ4v) is 4.41. The van der Waals surface area contributed by atoms with Crippen molar-refractivity contribution in [1.29, 1.82) is 0 Å². The van der Waals surface area contributed by atoms with Crippen molar-refractivity contribution >= 4 is 28.4 Å². The molecule has 27 heavy (non-hydrogen) atoms. The van der Waals surface area contributed by atoms with Crippen LogP contribution < -0.4 is 5.32 Å². The van der Waals surface area contributed by atoms with Crippen molar-refractivity contribution in [1.82, 2.24) is 0 Å². The molecule has 1 amide bonds. The smallest absolute Gasteiger partial charge is 0.310 e. The largest absolute Gasteiger partial charge is 0.481 e. The standard InChI is InChI=1S/C21H31NO4S/c1-20(2,3)27(26)15-16-9-8-10-17(13-16)22-18(23)14-21(19(24)25)11-6-4-5-7-12-21/h8-10,13H,4-7,11-12,14-15H2,1-3H3,(H,22,23)(H,24,25). The first-order valence-corrected chi connectivity index (χ1v) is 10.9. The Morgan fingerprint density at radius 1 is 1.15 bits per heavy atom. The number of hydrogen-bond donors (Lipinski definition) is 2. The van der Waals surface area contributed by atoms with Gasteiger partial charge >= 0.3 is 5.97 Å². The lowest BCUT2D eigenvalue weighted by Gasteiger charge is -2.27. The van der Waals surface area contributed by atoms with Gasteiger partial charge in [-0.2, -0.15) is 0 Å². The lowest BCUT2D eigenvalue weighted by molar-refractivity contribution is -0.152. The third kappa shape index (κ3) is 6.16. The highest BCUT2D eigenvalue weighted by Gasteiger charge is 2.40. The molecule has 1 aromatic rings. The second-order valence-electron chi connectivity index (χ2n) is 8.53. The Labute approximate surface area is 164 Å². The molecule has 1 aromatic carbocycles. The maximum atomic E-state index is 12.6. The molecule has 1 aliphatic rings. The molecule has 1 atom stereocenters. The van der Waals surface area contributed by atoms with Crippen LogP contribution >= 0.6 is 0 Å². The molecule has 2 N–H and O–H groups in total. The Morgan fingerprint density at radius 3 is 2.33 bits per heavy atom. The molecule has 0 aromatic heterocycles. The minimum Gasteiger partial charge on any atom is -0.481 e. The van der Waals surface area contributed by atoms with Gasteiger partial charge in [0.2, 0.25) is 5.91 Å². The quantitative estimate of drug-likeness (QED) is 0.698. The Balaban J connectivity index is 2.05. The number of aliphatic carboxylic acids is 1. The third-order valence-corrected chi connectivity index (χ3v) is 7.17. The van der Waals surface area contributed by atoms with E-state index in [1.807, 2.05) is 39.0 Å². The van der Waals surface area contributed by atoms with Crippen molar-refractivity contribution in [3.05, 3.63) is 29.8 Å². The Bertz CT molecular complexity index is 700. The average molecular weight is 394 g/mol. The van der Waals surface area contributed by atoms with E-state index < -0.39 is 22.2 Å². The molecule has 0 radical (unpaired) electrons. The van der Waals surface area contributed by atoms with Crippen molar-refractivity contribution < 1.29 is 18.9 Å². The second kappa shape index (κ2) is 9.00. The molecule has 6 heteroatoms. The normalized spacial score (nSPS) is 18.3. The fraction of sp³-hybridized carbons (Fsp3) is 0.619. The van der Waals surface area contributed by atoms with Crippen LogP contribution in [0.25, 0.3) is 0 Å². The van der Waals surface area contributed by atoms with Crippen molar-refractivity contribution in [3.8, 4) is 0 Å². The summed E-state index contributed by atoms with van der Waals surface area (Å²) in [6.45, 7) is 5.81. The predicted octanol–water partition coefficient (Wildman–Crippen LogP) is 4.49. The molecule has 1 unspecified atom stereocenters. The minimum atomic E-state index is -1.02. The summed E-state index contributed by atoms with van der Waals surface area (Å²) in [4.78, 5) is 24.4. The topological polar surface area (TPSA) is 83.5 Å². The Morgan fingerprint density at radius 2 is 1.78 bits per heavy atom. The molecular weight excluding hydrogens is 362 g/mol. The summed E-state index contributed by atoms with van der Waals surface area (Å²) < 4.78 is 12.0. The summed E-state index contributed by atoms with van der Waals surface area (Å²) in [5, 5.41) is 12.6. The van der Waals surface area contributed by atoms with Gasteiger partial charge in [0.1, 0.15) is 0 Å². The molecule has 0 bridgehead atoms. The lowest BCUT2D eigenvalue weighted by atomic mass is 9.77. The summed E-state index contributed by atoms with van der Waals surface area (Å²) in [6.07, 6.45) is 4.88. The van der Waals surface area contributed by atoms with Gasteiger partial charge in [-0.1, -0.05) is 37.8 Å². The van der Waals surface area contributed by atoms with E-state index >= 15 is 0 Å². The predicted molar refractivity (Wildman–Crippen MR) is 109 cm³/mol. The van der Waals surface area contributed by atoms with E-state index in [0.29, 0.717) is 24.3 Å². The van der Waals surface area contributed by atoms with Crippen LogP contribution in [0.2, 0.25) is 0 Å². The van der Waals surface area contributed by atoms with E-state index in [9.17, 15) is 18.9 Å². The van der Waals surface area contributed by atoms with Crippen LogP contribution in [-0.4, -0.2) is 25.9 Å². The van der Waals surface area contributed by atoms with Crippen molar-refractivity contribution in [3.63, 3.8) is 0 Å². The van der Waals surface area contributed by atoms with E-state index in [1.165, 1.54) is 0 Å². The van der Waals surface area contributed by atoms with Gasteiger partial charge in [-0.25, -0.2) is 0 Å². The van der Waals surface area contributed by atoms with Crippen LogP contribution in [-0.2, 0) is 26.1 Å². The van der Waals surface area contributed by atoms with E-state index in [2.05, 4.69) is 5.32 Å². The molecule has 0 saturated heterocycles. The lowest BCUT2D eigenvalue weighted by Crippen LogP contribution is -2.35. The number of carbonyl (C=O) groups excluding carboxylic acids is 1. The first kappa shape index (κ1) is 21.6. The second-order valence-corrected chi connectivity index (χ2v) is 10.7. The fourth-order valence-electron chi connectivity index (χ4n) is 3.49. The number of carboxylic acids is 1.